The molecule has 0 fully saturated rings. The zero-order valence-corrected chi connectivity index (χ0v) is 6.06. The predicted octanol–water partition coefficient (Wildman–Crippen LogP) is 0.185. The van der Waals surface area contributed by atoms with Gasteiger partial charge in [0.1, 0.15) is 0 Å². The molecule has 1 aromatic heterocycles. The number of nitrogens with zero attached hydrogens (tertiary/aromatic N) is 3. The first kappa shape index (κ1) is 6.84. The smallest absolute Gasteiger partial charge is 0.265 e. The van der Waals surface area contributed by atoms with Crippen molar-refractivity contribution in [2.45, 2.75) is 0 Å². The molecule has 57 valence electrons. The molecule has 2 rings (SSSR count). The summed E-state index contributed by atoms with van der Waals surface area (Å²) < 4.78 is 0. The lowest BCUT2D eigenvalue weighted by atomic mass is 10.2. The standard InChI is InChI=1S/C8H4N3O/c12-8-5-6-3-1-2-4-7(6)9-11-10-8/h1-4H. The molecule has 0 spiro atoms. The van der Waals surface area contributed by atoms with Gasteiger partial charge in [-0.05, 0) is 11.3 Å². The first-order valence-electron chi connectivity index (χ1n) is 3.38. The zero-order valence-electron chi connectivity index (χ0n) is 6.06. The van der Waals surface area contributed by atoms with Crippen LogP contribution in [-0.4, -0.2) is 15.4 Å². The van der Waals surface area contributed by atoms with Gasteiger partial charge >= 0.3 is 0 Å². The number of benzene rings is 1. The number of hydrogen-bond donors (Lipinski definition) is 0. The Balaban J connectivity index is 2.98. The maximum Gasteiger partial charge on any atom is 0.298 e. The Bertz CT molecular complexity index is 469. The Hall–Kier alpha value is -1.84. The average molecular weight is 158 g/mol. The average Bonchev–Trinajstić information content (AvgIpc) is 2.25. The van der Waals surface area contributed by atoms with Gasteiger partial charge in [-0.2, -0.15) is 0 Å². The first-order chi connectivity index (χ1) is 5.86. The fourth-order valence-electron chi connectivity index (χ4n) is 0.918. The minimum atomic E-state index is -0.497. The molecular formula is C8H4N3O. The van der Waals surface area contributed by atoms with Crippen molar-refractivity contribution in [2.75, 3.05) is 0 Å². The van der Waals surface area contributed by atoms with E-state index in [0.29, 0.717) is 10.9 Å². The van der Waals surface area contributed by atoms with Crippen LogP contribution in [0.1, 0.15) is 0 Å². The maximum atomic E-state index is 10.8. The van der Waals surface area contributed by atoms with E-state index in [9.17, 15) is 4.79 Å². The van der Waals surface area contributed by atoms with Crippen LogP contribution in [0.2, 0.25) is 0 Å². The third kappa shape index (κ3) is 1.14. The fraction of sp³-hybridized carbons (Fsp3) is 0. The van der Waals surface area contributed by atoms with Crippen LogP contribution in [-0.2, 0) is 0 Å². The Morgan fingerprint density at radius 2 is 2.00 bits per heavy atom. The summed E-state index contributed by atoms with van der Waals surface area (Å²) in [6.45, 7) is 0. The van der Waals surface area contributed by atoms with E-state index in [0.717, 1.165) is 0 Å². The largest absolute Gasteiger partial charge is 0.298 e. The Morgan fingerprint density at radius 1 is 1.17 bits per heavy atom. The predicted molar refractivity (Wildman–Crippen MR) is 42.4 cm³/mol. The van der Waals surface area contributed by atoms with Gasteiger partial charge in [-0.3, -0.25) is 4.79 Å². The van der Waals surface area contributed by atoms with Crippen molar-refractivity contribution in [3.05, 3.63) is 40.7 Å². The Kier molecular flexibility index (Phi) is 1.51. The van der Waals surface area contributed by atoms with E-state index in [-0.39, 0.29) is 0 Å². The van der Waals surface area contributed by atoms with E-state index in [1.807, 2.05) is 6.07 Å². The highest BCUT2D eigenvalue weighted by Gasteiger charge is 1.92. The Labute approximate surface area is 67.9 Å². The monoisotopic (exact) mass is 158 g/mol. The van der Waals surface area contributed by atoms with Crippen molar-refractivity contribution in [3.63, 3.8) is 0 Å². The lowest BCUT2D eigenvalue weighted by molar-refractivity contribution is 0.886. The quantitative estimate of drug-likeness (QED) is 0.549. The highest BCUT2D eigenvalue weighted by atomic mass is 16.1. The van der Waals surface area contributed by atoms with Crippen LogP contribution in [0, 0.1) is 6.07 Å². The lowest BCUT2D eigenvalue weighted by Crippen LogP contribution is -2.00. The van der Waals surface area contributed by atoms with Gasteiger partial charge in [0, 0.05) is 5.39 Å². The van der Waals surface area contributed by atoms with Crippen molar-refractivity contribution in [1.29, 1.82) is 0 Å². The van der Waals surface area contributed by atoms with Gasteiger partial charge in [0.05, 0.1) is 11.6 Å². The van der Waals surface area contributed by atoms with Gasteiger partial charge in [0.15, 0.2) is 0 Å². The van der Waals surface area contributed by atoms with Crippen LogP contribution in [0.3, 0.4) is 0 Å². The van der Waals surface area contributed by atoms with E-state index in [2.05, 4.69) is 21.5 Å². The van der Waals surface area contributed by atoms with Crippen molar-refractivity contribution >= 4 is 10.9 Å². The van der Waals surface area contributed by atoms with Crippen molar-refractivity contribution in [2.24, 2.45) is 0 Å². The molecule has 12 heavy (non-hydrogen) atoms. The molecule has 2 aromatic rings. The van der Waals surface area contributed by atoms with Gasteiger partial charge in [0.2, 0.25) is 0 Å². The zero-order chi connectivity index (χ0) is 8.39. The second kappa shape index (κ2) is 2.65. The number of fused-ring (bicyclic) bond motifs is 1. The molecule has 0 saturated carbocycles. The Morgan fingerprint density at radius 3 is 2.92 bits per heavy atom. The molecule has 4 nitrogen and oxygen atoms in total. The lowest BCUT2D eigenvalue weighted by Gasteiger charge is -1.83. The highest BCUT2D eigenvalue weighted by molar-refractivity contribution is 5.76. The van der Waals surface area contributed by atoms with Gasteiger partial charge in [-0.25, -0.2) is 0 Å². The van der Waals surface area contributed by atoms with Crippen LogP contribution >= 0.6 is 0 Å². The van der Waals surface area contributed by atoms with Crippen molar-refractivity contribution in [3.8, 4) is 0 Å². The van der Waals surface area contributed by atoms with E-state index >= 15 is 0 Å². The third-order valence-corrected chi connectivity index (χ3v) is 1.43. The molecule has 0 atom stereocenters. The molecule has 0 saturated heterocycles. The molecule has 4 heteroatoms. The maximum absolute atomic E-state index is 10.8. The summed E-state index contributed by atoms with van der Waals surface area (Å²) in [6, 6.07) is 9.64. The number of rotatable bonds is 0. The second-order valence-corrected chi connectivity index (χ2v) is 2.24. The van der Waals surface area contributed by atoms with Crippen molar-refractivity contribution in [1.82, 2.24) is 15.4 Å². The van der Waals surface area contributed by atoms with Crippen LogP contribution in [0.15, 0.2) is 29.1 Å². The molecule has 0 bridgehead atoms. The molecule has 0 unspecified atom stereocenters. The molecule has 0 aliphatic rings. The van der Waals surface area contributed by atoms with Crippen LogP contribution in [0.4, 0.5) is 0 Å². The SMILES string of the molecule is O=c1[c]c2ccccc2nnn1. The molecule has 1 aromatic carbocycles. The minimum absolute atomic E-state index is 0.497. The molecule has 0 N–H and O–H groups in total. The molecule has 1 radical (unpaired) electrons. The first-order valence-corrected chi connectivity index (χ1v) is 3.38. The van der Waals surface area contributed by atoms with Gasteiger partial charge in [-0.1, -0.05) is 23.3 Å². The van der Waals surface area contributed by atoms with Crippen LogP contribution in [0.5, 0.6) is 0 Å². The minimum Gasteiger partial charge on any atom is -0.265 e. The van der Waals surface area contributed by atoms with Gasteiger partial charge in [0.25, 0.3) is 5.56 Å². The van der Waals surface area contributed by atoms with Crippen LogP contribution in [0.25, 0.3) is 10.9 Å². The number of aromatic nitrogens is 3. The summed E-state index contributed by atoms with van der Waals surface area (Å²) in [5, 5.41) is 10.9. The topological polar surface area (TPSA) is 55.7 Å². The third-order valence-electron chi connectivity index (χ3n) is 1.43. The summed E-state index contributed by atoms with van der Waals surface area (Å²) in [5.74, 6) is 0. The molecule has 1 heterocycles. The molecule has 0 aliphatic carbocycles. The molecular weight excluding hydrogens is 154 g/mol. The van der Waals surface area contributed by atoms with Crippen LogP contribution < -0.4 is 5.56 Å². The summed E-state index contributed by atoms with van der Waals surface area (Å²) in [7, 11) is 0. The summed E-state index contributed by atoms with van der Waals surface area (Å²) in [6.07, 6.45) is 0. The van der Waals surface area contributed by atoms with E-state index < -0.39 is 5.56 Å². The molecule has 0 aliphatic heterocycles. The summed E-state index contributed by atoms with van der Waals surface area (Å²) >= 11 is 0. The van der Waals surface area contributed by atoms with Crippen molar-refractivity contribution < 1.29 is 0 Å². The molecule has 0 amide bonds. The van der Waals surface area contributed by atoms with Gasteiger partial charge < -0.3 is 0 Å². The summed E-state index contributed by atoms with van der Waals surface area (Å²) in [5.41, 5.74) is 0.121. The van der Waals surface area contributed by atoms with E-state index in [1.165, 1.54) is 0 Å². The van der Waals surface area contributed by atoms with Gasteiger partial charge in [-0.15, -0.1) is 5.10 Å². The number of hydrogen-bond acceptors (Lipinski definition) is 4. The summed E-state index contributed by atoms with van der Waals surface area (Å²) in [4.78, 5) is 10.8. The second-order valence-electron chi connectivity index (χ2n) is 2.24. The van der Waals surface area contributed by atoms with E-state index in [1.54, 1.807) is 18.2 Å². The normalized spacial score (nSPS) is 10.0. The van der Waals surface area contributed by atoms with E-state index in [4.69, 9.17) is 0 Å². The fourth-order valence-corrected chi connectivity index (χ4v) is 0.918. The highest BCUT2D eigenvalue weighted by Crippen LogP contribution is 2.03.